The van der Waals surface area contributed by atoms with E-state index in [-0.39, 0.29) is 12.1 Å². The Balaban J connectivity index is 1.72. The van der Waals surface area contributed by atoms with Gasteiger partial charge in [-0.05, 0) is 64.0 Å². The molecule has 3 aromatic heterocycles. The van der Waals surface area contributed by atoms with Crippen LogP contribution in [-0.4, -0.2) is 20.0 Å². The molecule has 0 amide bonds. The van der Waals surface area contributed by atoms with Gasteiger partial charge in [0.15, 0.2) is 5.11 Å². The summed E-state index contributed by atoms with van der Waals surface area (Å²) in [6.45, 7) is 0.734. The Bertz CT molecular complexity index is 869. The fourth-order valence-electron chi connectivity index (χ4n) is 3.05. The van der Waals surface area contributed by atoms with Gasteiger partial charge in [-0.1, -0.05) is 6.07 Å². The molecular weight excluding hydrogens is 416 g/mol. The smallest absolute Gasteiger partial charge is 0.170 e. The van der Waals surface area contributed by atoms with E-state index in [1.54, 1.807) is 11.3 Å². The molecule has 0 bridgehead atoms. The van der Waals surface area contributed by atoms with Gasteiger partial charge in [0.2, 0.25) is 0 Å². The van der Waals surface area contributed by atoms with E-state index in [4.69, 9.17) is 12.2 Å². The zero-order valence-corrected chi connectivity index (χ0v) is 16.4. The van der Waals surface area contributed by atoms with Crippen LogP contribution < -0.4 is 5.32 Å². The lowest BCUT2D eigenvalue weighted by atomic mass is 10.0. The lowest BCUT2D eigenvalue weighted by Gasteiger charge is -2.26. The summed E-state index contributed by atoms with van der Waals surface area (Å²) >= 11 is 11.0. The lowest BCUT2D eigenvalue weighted by molar-refractivity contribution is 0.315. The highest BCUT2D eigenvalue weighted by Gasteiger charge is 2.40. The van der Waals surface area contributed by atoms with Crippen LogP contribution in [0.2, 0.25) is 0 Å². The van der Waals surface area contributed by atoms with Crippen molar-refractivity contribution in [3.63, 3.8) is 0 Å². The first-order valence-corrected chi connectivity index (χ1v) is 9.91. The zero-order valence-electron chi connectivity index (χ0n) is 13.2. The third-order valence-electron chi connectivity index (χ3n) is 4.18. The maximum Gasteiger partial charge on any atom is 0.170 e. The van der Waals surface area contributed by atoms with Crippen molar-refractivity contribution in [3.05, 3.63) is 81.0 Å². The van der Waals surface area contributed by atoms with Crippen LogP contribution in [0.15, 0.2) is 64.8 Å². The van der Waals surface area contributed by atoms with Crippen LogP contribution in [0.4, 0.5) is 0 Å². The number of rotatable bonds is 4. The molecule has 0 radical (unpaired) electrons. The first-order chi connectivity index (χ1) is 12.2. The van der Waals surface area contributed by atoms with Gasteiger partial charge in [0.1, 0.15) is 0 Å². The van der Waals surface area contributed by atoms with Gasteiger partial charge in [0.05, 0.1) is 17.8 Å². The van der Waals surface area contributed by atoms with Crippen molar-refractivity contribution in [2.24, 2.45) is 0 Å². The Kier molecular flexibility index (Phi) is 4.78. The fraction of sp³-hybridized carbons (Fsp3) is 0.167. The normalized spacial score (nSPS) is 19.9. The fourth-order valence-corrected chi connectivity index (χ4v) is 4.95. The lowest BCUT2D eigenvalue weighted by Crippen LogP contribution is -2.28. The summed E-state index contributed by atoms with van der Waals surface area (Å²) < 4.78 is 1.09. The van der Waals surface area contributed by atoms with Crippen LogP contribution in [0.3, 0.4) is 0 Å². The summed E-state index contributed by atoms with van der Waals surface area (Å²) in [7, 11) is 0. The molecule has 0 aliphatic carbocycles. The largest absolute Gasteiger partial charge is 0.352 e. The standard InChI is InChI=1S/C18H15BrN4S2/c19-13-9-15(25-11-13)17-16(14-3-1-2-6-21-14)22-18(24)23(17)10-12-4-7-20-8-5-12/h1-9,11,16-17H,10H2,(H,22,24)/t16-,17+/m0/s1. The summed E-state index contributed by atoms with van der Waals surface area (Å²) in [6.07, 6.45) is 5.46. The van der Waals surface area contributed by atoms with E-state index < -0.39 is 0 Å². The van der Waals surface area contributed by atoms with Gasteiger partial charge >= 0.3 is 0 Å². The minimum atomic E-state index is 0.0288. The molecule has 7 heteroatoms. The average Bonchev–Trinajstić information content (AvgIpc) is 3.20. The van der Waals surface area contributed by atoms with Crippen LogP contribution in [0.25, 0.3) is 0 Å². The van der Waals surface area contributed by atoms with E-state index in [2.05, 4.69) is 47.6 Å². The third kappa shape index (κ3) is 3.44. The molecular formula is C18H15BrN4S2. The second-order valence-electron chi connectivity index (χ2n) is 5.78. The maximum atomic E-state index is 5.66. The number of hydrogen-bond acceptors (Lipinski definition) is 4. The van der Waals surface area contributed by atoms with E-state index >= 15 is 0 Å². The number of hydrogen-bond donors (Lipinski definition) is 1. The molecule has 0 unspecified atom stereocenters. The second kappa shape index (κ2) is 7.19. The van der Waals surface area contributed by atoms with Crippen molar-refractivity contribution >= 4 is 44.6 Å². The molecule has 1 saturated heterocycles. The second-order valence-corrected chi connectivity index (χ2v) is 8.02. The zero-order chi connectivity index (χ0) is 17.2. The monoisotopic (exact) mass is 430 g/mol. The molecule has 4 rings (SSSR count). The molecule has 3 aromatic rings. The van der Waals surface area contributed by atoms with Gasteiger partial charge in [-0.3, -0.25) is 9.97 Å². The Labute approximate surface area is 164 Å². The maximum absolute atomic E-state index is 5.66. The third-order valence-corrected chi connectivity index (χ3v) is 6.30. The van der Waals surface area contributed by atoms with Crippen LogP contribution in [0.1, 0.15) is 28.2 Å². The van der Waals surface area contributed by atoms with Gasteiger partial charge < -0.3 is 10.2 Å². The average molecular weight is 431 g/mol. The van der Waals surface area contributed by atoms with Crippen molar-refractivity contribution < 1.29 is 0 Å². The molecule has 126 valence electrons. The van der Waals surface area contributed by atoms with Crippen molar-refractivity contribution in [2.75, 3.05) is 0 Å². The van der Waals surface area contributed by atoms with Gasteiger partial charge in [-0.15, -0.1) is 11.3 Å². The van der Waals surface area contributed by atoms with Crippen molar-refractivity contribution in [1.82, 2.24) is 20.2 Å². The van der Waals surface area contributed by atoms with E-state index in [1.807, 2.05) is 48.9 Å². The van der Waals surface area contributed by atoms with Crippen molar-refractivity contribution in [3.8, 4) is 0 Å². The summed E-state index contributed by atoms with van der Waals surface area (Å²) in [4.78, 5) is 12.1. The molecule has 0 spiro atoms. The van der Waals surface area contributed by atoms with Crippen molar-refractivity contribution in [1.29, 1.82) is 0 Å². The Morgan fingerprint density at radius 3 is 2.72 bits per heavy atom. The van der Waals surface area contributed by atoms with E-state index in [1.165, 1.54) is 10.4 Å². The topological polar surface area (TPSA) is 41.1 Å². The highest BCUT2D eigenvalue weighted by Crippen LogP contribution is 2.42. The highest BCUT2D eigenvalue weighted by atomic mass is 79.9. The first kappa shape index (κ1) is 16.6. The van der Waals surface area contributed by atoms with Crippen LogP contribution in [-0.2, 0) is 6.54 Å². The van der Waals surface area contributed by atoms with Crippen LogP contribution in [0.5, 0.6) is 0 Å². The molecule has 1 aliphatic rings. The predicted octanol–water partition coefficient (Wildman–Crippen LogP) is 4.47. The summed E-state index contributed by atoms with van der Waals surface area (Å²) in [5, 5.41) is 6.33. The number of nitrogens with zero attached hydrogens (tertiary/aromatic N) is 3. The number of thiocarbonyl (C=S) groups is 1. The van der Waals surface area contributed by atoms with E-state index in [9.17, 15) is 0 Å². The van der Waals surface area contributed by atoms with Gasteiger partial charge in [0.25, 0.3) is 0 Å². The number of halogens is 1. The Hall–Kier alpha value is -1.83. The summed E-state index contributed by atoms with van der Waals surface area (Å²) in [5.74, 6) is 0. The summed E-state index contributed by atoms with van der Waals surface area (Å²) in [5.41, 5.74) is 2.18. The number of pyridine rings is 2. The minimum Gasteiger partial charge on any atom is -0.352 e. The number of nitrogens with one attached hydrogen (secondary N) is 1. The molecule has 1 fully saturated rings. The number of thiophene rings is 1. The van der Waals surface area contributed by atoms with Crippen LogP contribution in [0, 0.1) is 0 Å². The molecule has 4 heterocycles. The quantitative estimate of drug-likeness (QED) is 0.618. The molecule has 25 heavy (non-hydrogen) atoms. The van der Waals surface area contributed by atoms with Crippen LogP contribution >= 0.6 is 39.5 Å². The Morgan fingerprint density at radius 2 is 2.04 bits per heavy atom. The van der Waals surface area contributed by atoms with Crippen molar-refractivity contribution in [2.45, 2.75) is 18.6 Å². The molecule has 0 saturated carbocycles. The Morgan fingerprint density at radius 1 is 1.20 bits per heavy atom. The molecule has 4 nitrogen and oxygen atoms in total. The van der Waals surface area contributed by atoms with E-state index in [0.29, 0.717) is 0 Å². The highest BCUT2D eigenvalue weighted by molar-refractivity contribution is 9.10. The predicted molar refractivity (Wildman–Crippen MR) is 107 cm³/mol. The van der Waals surface area contributed by atoms with E-state index in [0.717, 1.165) is 21.8 Å². The molecule has 1 N–H and O–H groups in total. The molecule has 0 aromatic carbocycles. The minimum absolute atomic E-state index is 0.0288. The molecule has 1 aliphatic heterocycles. The SMILES string of the molecule is S=C1N[C@@H](c2ccccn2)[C@@H](c2cc(Br)cs2)N1Cc1ccncc1. The van der Waals surface area contributed by atoms with Gasteiger partial charge in [0, 0.05) is 39.9 Å². The number of aromatic nitrogens is 2. The first-order valence-electron chi connectivity index (χ1n) is 7.83. The summed E-state index contributed by atoms with van der Waals surface area (Å²) in [6, 6.07) is 12.3. The van der Waals surface area contributed by atoms with Gasteiger partial charge in [-0.2, -0.15) is 0 Å². The molecule has 2 atom stereocenters. The van der Waals surface area contributed by atoms with Gasteiger partial charge in [-0.25, -0.2) is 0 Å².